The van der Waals surface area contributed by atoms with Crippen LogP contribution in [0.1, 0.15) is 46.9 Å². The summed E-state index contributed by atoms with van der Waals surface area (Å²) in [5, 5.41) is 8.38. The fraction of sp³-hybridized carbons (Fsp3) is 0.214. The lowest BCUT2D eigenvalue weighted by Gasteiger charge is -2.12. The second-order valence-electron chi connectivity index (χ2n) is 9.03. The van der Waals surface area contributed by atoms with E-state index in [9.17, 15) is 4.79 Å². The van der Waals surface area contributed by atoms with Crippen LogP contribution in [0.4, 0.5) is 0 Å². The van der Waals surface area contributed by atoms with Crippen LogP contribution in [0, 0.1) is 6.92 Å². The van der Waals surface area contributed by atoms with E-state index in [0.717, 1.165) is 39.9 Å². The molecule has 2 aromatic carbocycles. The molecule has 3 aromatic heterocycles. The first kappa shape index (κ1) is 22.5. The molecule has 3 heterocycles. The summed E-state index contributed by atoms with van der Waals surface area (Å²) in [6.45, 7) is 7.34. The number of aryl methyl sites for hydroxylation is 1. The Bertz CT molecular complexity index is 1480. The second kappa shape index (κ2) is 9.54. The van der Waals surface area contributed by atoms with E-state index in [2.05, 4.69) is 54.4 Å². The summed E-state index contributed by atoms with van der Waals surface area (Å²) in [6.07, 6.45) is 7.25. The van der Waals surface area contributed by atoms with Crippen LogP contribution in [-0.4, -0.2) is 30.2 Å². The van der Waals surface area contributed by atoms with Gasteiger partial charge in [0.2, 0.25) is 0 Å². The van der Waals surface area contributed by atoms with Gasteiger partial charge in [-0.25, -0.2) is 14.6 Å². The van der Waals surface area contributed by atoms with Crippen molar-refractivity contribution in [1.82, 2.24) is 29.6 Å². The summed E-state index contributed by atoms with van der Waals surface area (Å²) >= 11 is 0. The van der Waals surface area contributed by atoms with Gasteiger partial charge in [-0.2, -0.15) is 5.10 Å². The molecular formula is C28H28N6O. The summed E-state index contributed by atoms with van der Waals surface area (Å²) in [7, 11) is 0. The number of fused-ring (bicyclic) bond motifs is 1. The Morgan fingerprint density at radius 2 is 1.89 bits per heavy atom. The highest BCUT2D eigenvalue weighted by molar-refractivity contribution is 6.06. The first-order chi connectivity index (χ1) is 17.0. The number of amides is 1. The van der Waals surface area contributed by atoms with Gasteiger partial charge in [-0.15, -0.1) is 0 Å². The van der Waals surface area contributed by atoms with Crippen LogP contribution in [0.5, 0.6) is 0 Å². The lowest BCUT2D eigenvalue weighted by Crippen LogP contribution is -2.23. The van der Waals surface area contributed by atoms with Crippen LogP contribution in [0.3, 0.4) is 0 Å². The molecule has 5 rings (SSSR count). The molecule has 35 heavy (non-hydrogen) atoms. The predicted octanol–water partition coefficient (Wildman–Crippen LogP) is 5.16. The van der Waals surface area contributed by atoms with E-state index in [4.69, 9.17) is 4.98 Å². The fourth-order valence-corrected chi connectivity index (χ4v) is 4.29. The van der Waals surface area contributed by atoms with E-state index >= 15 is 0 Å². The Morgan fingerprint density at radius 3 is 2.66 bits per heavy atom. The SMILES string of the molecule is Cc1ccccc1-c1cc(C(=O)NCc2cccc(Cn3ccnc3)c2)c2cnn(C(C)C)c2n1. The maximum atomic E-state index is 13.4. The standard InChI is InChI=1S/C28H28N6O/c1-19(2)34-27-25(16-31-34)24(14-26(32-27)23-10-5-4-7-20(23)3)28(35)30-15-21-8-6-9-22(13-21)17-33-12-11-29-18-33/h4-14,16,18-19H,15,17H2,1-3H3,(H,30,35). The molecule has 0 atom stereocenters. The average molecular weight is 465 g/mol. The summed E-state index contributed by atoms with van der Waals surface area (Å²) in [6, 6.07) is 18.3. The molecule has 176 valence electrons. The minimum atomic E-state index is -0.143. The Morgan fingerprint density at radius 1 is 1.06 bits per heavy atom. The zero-order valence-electron chi connectivity index (χ0n) is 20.1. The molecule has 7 heteroatoms. The number of benzene rings is 2. The number of hydrogen-bond donors (Lipinski definition) is 1. The van der Waals surface area contributed by atoms with E-state index in [1.165, 1.54) is 0 Å². The van der Waals surface area contributed by atoms with Crippen molar-refractivity contribution >= 4 is 16.9 Å². The molecule has 0 aliphatic heterocycles. The number of nitrogens with zero attached hydrogens (tertiary/aromatic N) is 5. The molecule has 0 unspecified atom stereocenters. The Kier molecular flexibility index (Phi) is 6.14. The van der Waals surface area contributed by atoms with Crippen molar-refractivity contribution in [2.75, 3.05) is 0 Å². The van der Waals surface area contributed by atoms with Gasteiger partial charge in [-0.3, -0.25) is 4.79 Å². The highest BCUT2D eigenvalue weighted by atomic mass is 16.1. The number of carbonyl (C=O) groups is 1. The summed E-state index contributed by atoms with van der Waals surface area (Å²) < 4.78 is 3.89. The fourth-order valence-electron chi connectivity index (χ4n) is 4.29. The number of aromatic nitrogens is 5. The van der Waals surface area contributed by atoms with Crippen LogP contribution in [0.25, 0.3) is 22.3 Å². The molecule has 7 nitrogen and oxygen atoms in total. The molecule has 5 aromatic rings. The van der Waals surface area contributed by atoms with Crippen LogP contribution in [0.15, 0.2) is 79.5 Å². The zero-order valence-corrected chi connectivity index (χ0v) is 20.1. The van der Waals surface area contributed by atoms with Crippen LogP contribution < -0.4 is 5.32 Å². The van der Waals surface area contributed by atoms with Gasteiger partial charge in [-0.05, 0) is 43.5 Å². The predicted molar refractivity (Wildman–Crippen MR) is 137 cm³/mol. The van der Waals surface area contributed by atoms with Crippen LogP contribution in [0.2, 0.25) is 0 Å². The number of hydrogen-bond acceptors (Lipinski definition) is 4. The topological polar surface area (TPSA) is 77.6 Å². The van der Waals surface area contributed by atoms with Gasteiger partial charge < -0.3 is 9.88 Å². The first-order valence-electron chi connectivity index (χ1n) is 11.8. The van der Waals surface area contributed by atoms with E-state index < -0.39 is 0 Å². The highest BCUT2D eigenvalue weighted by Gasteiger charge is 2.19. The normalized spacial score (nSPS) is 11.3. The summed E-state index contributed by atoms with van der Waals surface area (Å²) in [5.41, 5.74) is 6.37. The largest absolute Gasteiger partial charge is 0.348 e. The van der Waals surface area contributed by atoms with Gasteiger partial charge in [0.25, 0.3) is 5.91 Å². The Labute approximate surface area is 204 Å². The van der Waals surface area contributed by atoms with Crippen molar-refractivity contribution in [3.8, 4) is 11.3 Å². The molecule has 1 amide bonds. The molecule has 1 N–H and O–H groups in total. The third kappa shape index (κ3) is 4.71. The maximum absolute atomic E-state index is 13.4. The van der Waals surface area contributed by atoms with Crippen molar-refractivity contribution in [1.29, 1.82) is 0 Å². The van der Waals surface area contributed by atoms with Crippen molar-refractivity contribution in [2.24, 2.45) is 0 Å². The minimum absolute atomic E-state index is 0.126. The Balaban J connectivity index is 1.45. The number of carbonyl (C=O) groups excluding carboxylic acids is 1. The lowest BCUT2D eigenvalue weighted by molar-refractivity contribution is 0.0952. The summed E-state index contributed by atoms with van der Waals surface area (Å²) in [5.74, 6) is -0.143. The van der Waals surface area contributed by atoms with Gasteiger partial charge in [0, 0.05) is 37.1 Å². The van der Waals surface area contributed by atoms with Crippen LogP contribution in [-0.2, 0) is 13.1 Å². The van der Waals surface area contributed by atoms with E-state index in [1.54, 1.807) is 18.7 Å². The molecule has 0 saturated carbocycles. The molecule has 0 radical (unpaired) electrons. The number of rotatable bonds is 7. The van der Waals surface area contributed by atoms with E-state index in [-0.39, 0.29) is 11.9 Å². The van der Waals surface area contributed by atoms with E-state index in [1.807, 2.05) is 51.8 Å². The van der Waals surface area contributed by atoms with Gasteiger partial charge in [0.05, 0.1) is 29.2 Å². The molecule has 0 aliphatic rings. The molecule has 0 bridgehead atoms. The third-order valence-corrected chi connectivity index (χ3v) is 6.09. The van der Waals surface area contributed by atoms with E-state index in [0.29, 0.717) is 17.8 Å². The molecule has 0 saturated heterocycles. The van der Waals surface area contributed by atoms with Gasteiger partial charge in [0.1, 0.15) is 0 Å². The molecular weight excluding hydrogens is 436 g/mol. The molecule has 0 spiro atoms. The monoisotopic (exact) mass is 464 g/mol. The zero-order chi connectivity index (χ0) is 24.4. The highest BCUT2D eigenvalue weighted by Crippen LogP contribution is 2.28. The van der Waals surface area contributed by atoms with Gasteiger partial charge >= 0.3 is 0 Å². The quantitative estimate of drug-likeness (QED) is 0.361. The number of pyridine rings is 1. The van der Waals surface area contributed by atoms with Crippen molar-refractivity contribution < 1.29 is 4.79 Å². The lowest BCUT2D eigenvalue weighted by atomic mass is 10.0. The minimum Gasteiger partial charge on any atom is -0.348 e. The second-order valence-corrected chi connectivity index (χ2v) is 9.03. The third-order valence-electron chi connectivity index (χ3n) is 6.09. The van der Waals surface area contributed by atoms with Crippen LogP contribution >= 0.6 is 0 Å². The number of nitrogens with one attached hydrogen (secondary N) is 1. The van der Waals surface area contributed by atoms with Crippen molar-refractivity contribution in [3.63, 3.8) is 0 Å². The van der Waals surface area contributed by atoms with Crippen molar-refractivity contribution in [2.45, 2.75) is 39.9 Å². The summed E-state index contributed by atoms with van der Waals surface area (Å²) in [4.78, 5) is 22.4. The maximum Gasteiger partial charge on any atom is 0.252 e. The molecule has 0 fully saturated rings. The number of imidazole rings is 1. The first-order valence-corrected chi connectivity index (χ1v) is 11.8. The van der Waals surface area contributed by atoms with Gasteiger partial charge in [-0.1, -0.05) is 48.5 Å². The van der Waals surface area contributed by atoms with Gasteiger partial charge in [0.15, 0.2) is 5.65 Å². The average Bonchev–Trinajstić information content (AvgIpc) is 3.52. The Hall–Kier alpha value is -4.26. The molecule has 0 aliphatic carbocycles. The smallest absolute Gasteiger partial charge is 0.252 e. The van der Waals surface area contributed by atoms with Crippen molar-refractivity contribution in [3.05, 3.63) is 102 Å².